The second kappa shape index (κ2) is 5.27. The maximum atomic E-state index is 13.5. The third-order valence-corrected chi connectivity index (χ3v) is 3.68. The van der Waals surface area contributed by atoms with Crippen LogP contribution in [0.3, 0.4) is 0 Å². The van der Waals surface area contributed by atoms with Gasteiger partial charge in [0.15, 0.2) is 5.69 Å². The highest BCUT2D eigenvalue weighted by atomic mass is 19.1. The molecule has 1 aromatic heterocycles. The average molecular weight is 292 g/mol. The number of amides is 1. The predicted octanol–water partition coefficient (Wildman–Crippen LogP) is 3.33. The maximum absolute atomic E-state index is 13.5. The molecule has 21 heavy (non-hydrogen) atoms. The summed E-state index contributed by atoms with van der Waals surface area (Å²) in [5, 5.41) is 6.12. The monoisotopic (exact) mass is 292 g/mol. The molecule has 1 N–H and O–H groups in total. The quantitative estimate of drug-likeness (QED) is 0.923. The molecular weight excluding hydrogens is 278 g/mol. The number of nitrogens with zero attached hydrogens (tertiary/aromatic N) is 1. The van der Waals surface area contributed by atoms with Crippen LogP contribution in [0.2, 0.25) is 0 Å². The number of nitrogens with one attached hydrogen (secondary N) is 1. The Kier molecular flexibility index (Phi) is 3.45. The Balaban J connectivity index is 1.86. The molecule has 3 rings (SSSR count). The van der Waals surface area contributed by atoms with E-state index in [0.29, 0.717) is 18.1 Å². The van der Waals surface area contributed by atoms with Gasteiger partial charge >= 0.3 is 0 Å². The van der Waals surface area contributed by atoms with Gasteiger partial charge in [0.1, 0.15) is 17.4 Å². The van der Waals surface area contributed by atoms with Crippen molar-refractivity contribution in [3.63, 3.8) is 0 Å². The summed E-state index contributed by atoms with van der Waals surface area (Å²) >= 11 is 0. The van der Waals surface area contributed by atoms with Crippen molar-refractivity contribution >= 4 is 11.6 Å². The van der Waals surface area contributed by atoms with Crippen LogP contribution < -0.4 is 5.32 Å². The number of fused-ring (bicyclic) bond motifs is 1. The molecule has 1 aliphatic carbocycles. The van der Waals surface area contributed by atoms with Crippen molar-refractivity contribution < 1.29 is 18.1 Å². The average Bonchev–Trinajstić information content (AvgIpc) is 2.85. The predicted molar refractivity (Wildman–Crippen MR) is 72.0 cm³/mol. The van der Waals surface area contributed by atoms with Gasteiger partial charge in [-0.25, -0.2) is 8.78 Å². The van der Waals surface area contributed by atoms with Crippen LogP contribution in [0.15, 0.2) is 22.7 Å². The molecule has 2 aromatic rings. The minimum atomic E-state index is -0.699. The second-order valence-electron chi connectivity index (χ2n) is 5.36. The van der Waals surface area contributed by atoms with Crippen molar-refractivity contribution in [2.75, 3.05) is 5.32 Å². The molecule has 0 saturated carbocycles. The zero-order valence-electron chi connectivity index (χ0n) is 11.5. The van der Waals surface area contributed by atoms with Crippen molar-refractivity contribution in [2.24, 2.45) is 5.92 Å². The first kappa shape index (κ1) is 13.7. The van der Waals surface area contributed by atoms with Crippen LogP contribution in [0.1, 0.15) is 35.2 Å². The third kappa shape index (κ3) is 2.66. The normalized spacial score (nSPS) is 17.4. The summed E-state index contributed by atoms with van der Waals surface area (Å²) in [6, 6.07) is 2.89. The smallest absolute Gasteiger partial charge is 0.278 e. The molecule has 0 bridgehead atoms. The first-order valence-corrected chi connectivity index (χ1v) is 6.78. The summed E-state index contributed by atoms with van der Waals surface area (Å²) in [6.07, 6.45) is 2.43. The molecule has 1 aliphatic rings. The van der Waals surface area contributed by atoms with Crippen molar-refractivity contribution in [3.05, 3.63) is 46.9 Å². The zero-order chi connectivity index (χ0) is 15.0. The fourth-order valence-corrected chi connectivity index (χ4v) is 2.53. The Bertz CT molecular complexity index is 697. The van der Waals surface area contributed by atoms with Crippen LogP contribution in [-0.4, -0.2) is 11.1 Å². The lowest BCUT2D eigenvalue weighted by atomic mass is 9.88. The molecule has 0 spiro atoms. The molecule has 1 aromatic carbocycles. The summed E-state index contributed by atoms with van der Waals surface area (Å²) in [7, 11) is 0. The Morgan fingerprint density at radius 3 is 3.05 bits per heavy atom. The molecule has 1 atom stereocenters. The van der Waals surface area contributed by atoms with Gasteiger partial charge in [0.25, 0.3) is 5.91 Å². The van der Waals surface area contributed by atoms with Crippen LogP contribution in [0.25, 0.3) is 0 Å². The van der Waals surface area contributed by atoms with Crippen molar-refractivity contribution in [1.29, 1.82) is 0 Å². The van der Waals surface area contributed by atoms with Crippen molar-refractivity contribution in [2.45, 2.75) is 26.2 Å². The van der Waals surface area contributed by atoms with Gasteiger partial charge in [-0.15, -0.1) is 0 Å². The number of hydrogen-bond acceptors (Lipinski definition) is 3. The second-order valence-corrected chi connectivity index (χ2v) is 5.36. The van der Waals surface area contributed by atoms with Gasteiger partial charge in [-0.05, 0) is 30.9 Å². The number of anilines is 1. The number of carbonyl (C=O) groups is 1. The number of carbonyl (C=O) groups excluding carboxylic acids is 1. The molecule has 1 amide bonds. The highest BCUT2D eigenvalue weighted by Gasteiger charge is 2.27. The van der Waals surface area contributed by atoms with Gasteiger partial charge in [-0.3, -0.25) is 4.79 Å². The van der Waals surface area contributed by atoms with E-state index >= 15 is 0 Å². The van der Waals surface area contributed by atoms with Gasteiger partial charge in [0, 0.05) is 18.1 Å². The highest BCUT2D eigenvalue weighted by Crippen LogP contribution is 2.28. The topological polar surface area (TPSA) is 55.1 Å². The molecule has 110 valence electrons. The number of halogens is 2. The Labute approximate surface area is 120 Å². The standard InChI is InChI=1S/C15H14F2N2O2/c1-8-2-5-13-10(6-8)14(19-21-13)15(20)18-12-7-9(16)3-4-11(12)17/h3-4,7-8H,2,5-6H2,1H3,(H,18,20)/t8-/m1/s1. The van der Waals surface area contributed by atoms with Gasteiger partial charge in [-0.1, -0.05) is 12.1 Å². The largest absolute Gasteiger partial charge is 0.360 e. The molecule has 0 radical (unpaired) electrons. The molecule has 0 aliphatic heterocycles. The fraction of sp³-hybridized carbons (Fsp3) is 0.333. The molecule has 6 heteroatoms. The maximum Gasteiger partial charge on any atom is 0.278 e. The summed E-state index contributed by atoms with van der Waals surface area (Å²) in [4.78, 5) is 12.2. The lowest BCUT2D eigenvalue weighted by Gasteiger charge is -2.16. The van der Waals surface area contributed by atoms with Crippen molar-refractivity contribution in [1.82, 2.24) is 5.16 Å². The highest BCUT2D eigenvalue weighted by molar-refractivity contribution is 6.04. The van der Waals surface area contributed by atoms with Gasteiger partial charge in [-0.2, -0.15) is 0 Å². The molecule has 0 fully saturated rings. The van der Waals surface area contributed by atoms with E-state index < -0.39 is 17.5 Å². The zero-order valence-corrected chi connectivity index (χ0v) is 11.5. The molecule has 0 saturated heterocycles. The minimum Gasteiger partial charge on any atom is -0.360 e. The van der Waals surface area contributed by atoms with E-state index in [-0.39, 0.29) is 11.4 Å². The SMILES string of the molecule is C[C@@H]1CCc2onc(C(=O)Nc3cc(F)ccc3F)c2C1. The van der Waals surface area contributed by atoms with Crippen LogP contribution in [0.5, 0.6) is 0 Å². The molecular formula is C15H14F2N2O2. The number of aromatic nitrogens is 1. The van der Waals surface area contributed by atoms with E-state index in [0.717, 1.165) is 36.6 Å². The Morgan fingerprint density at radius 2 is 2.24 bits per heavy atom. The fourth-order valence-electron chi connectivity index (χ4n) is 2.53. The number of rotatable bonds is 2. The molecule has 1 heterocycles. The van der Waals surface area contributed by atoms with Gasteiger partial charge < -0.3 is 9.84 Å². The first-order chi connectivity index (χ1) is 10.0. The van der Waals surface area contributed by atoms with E-state index in [1.807, 2.05) is 0 Å². The first-order valence-electron chi connectivity index (χ1n) is 6.78. The molecule has 0 unspecified atom stereocenters. The van der Waals surface area contributed by atoms with E-state index in [2.05, 4.69) is 17.4 Å². The van der Waals surface area contributed by atoms with Crippen molar-refractivity contribution in [3.8, 4) is 0 Å². The minimum absolute atomic E-state index is 0.153. The van der Waals surface area contributed by atoms with E-state index in [1.165, 1.54) is 0 Å². The summed E-state index contributed by atoms with van der Waals surface area (Å²) < 4.78 is 31.8. The third-order valence-electron chi connectivity index (χ3n) is 3.68. The van der Waals surface area contributed by atoms with Crippen LogP contribution in [-0.2, 0) is 12.8 Å². The summed E-state index contributed by atoms with van der Waals surface area (Å²) in [5.41, 5.74) is 0.712. The van der Waals surface area contributed by atoms with E-state index in [9.17, 15) is 13.6 Å². The van der Waals surface area contributed by atoms with Crippen LogP contribution >= 0.6 is 0 Å². The van der Waals surface area contributed by atoms with Gasteiger partial charge in [0.05, 0.1) is 5.69 Å². The Morgan fingerprint density at radius 1 is 1.43 bits per heavy atom. The summed E-state index contributed by atoms with van der Waals surface area (Å²) in [6.45, 7) is 2.09. The van der Waals surface area contributed by atoms with Crippen LogP contribution in [0, 0.1) is 17.6 Å². The number of benzene rings is 1. The Hall–Kier alpha value is -2.24. The summed E-state index contributed by atoms with van der Waals surface area (Å²) in [5.74, 6) is -0.760. The van der Waals surface area contributed by atoms with Gasteiger partial charge in [0.2, 0.25) is 0 Å². The molecule has 4 nitrogen and oxygen atoms in total. The number of aryl methyl sites for hydroxylation is 1. The lowest BCUT2D eigenvalue weighted by Crippen LogP contribution is -2.18. The van der Waals surface area contributed by atoms with E-state index in [4.69, 9.17) is 4.52 Å². The number of hydrogen-bond donors (Lipinski definition) is 1. The lowest BCUT2D eigenvalue weighted by molar-refractivity contribution is 0.101. The van der Waals surface area contributed by atoms with Crippen LogP contribution in [0.4, 0.5) is 14.5 Å². The van der Waals surface area contributed by atoms with E-state index in [1.54, 1.807) is 0 Å².